The van der Waals surface area contributed by atoms with Gasteiger partial charge in [0.25, 0.3) is 5.91 Å². The second-order valence-electron chi connectivity index (χ2n) is 5.65. The third kappa shape index (κ3) is 5.34. The van der Waals surface area contributed by atoms with Crippen molar-refractivity contribution in [3.05, 3.63) is 48.4 Å². The van der Waals surface area contributed by atoms with Crippen LogP contribution in [-0.2, 0) is 0 Å². The van der Waals surface area contributed by atoms with Crippen molar-refractivity contribution in [1.82, 2.24) is 15.3 Å². The molecule has 6 nitrogen and oxygen atoms in total. The molecule has 0 radical (unpaired) electrons. The van der Waals surface area contributed by atoms with Gasteiger partial charge in [0.15, 0.2) is 0 Å². The number of carbonyl (C=O) groups excluding carboxylic acids is 1. The summed E-state index contributed by atoms with van der Waals surface area (Å²) in [6.45, 7) is 4.35. The average Bonchev–Trinajstić information content (AvgIpc) is 2.55. The molecule has 6 heteroatoms. The first-order valence-electron chi connectivity index (χ1n) is 7.65. The van der Waals surface area contributed by atoms with Crippen molar-refractivity contribution in [2.24, 2.45) is 5.92 Å². The highest BCUT2D eigenvalue weighted by Crippen LogP contribution is 2.15. The van der Waals surface area contributed by atoms with Gasteiger partial charge in [-0.3, -0.25) is 9.78 Å². The minimum Gasteiger partial charge on any atom is -0.393 e. The Morgan fingerprint density at radius 2 is 2.13 bits per heavy atom. The molecule has 23 heavy (non-hydrogen) atoms. The van der Waals surface area contributed by atoms with Crippen LogP contribution in [0.1, 0.15) is 30.6 Å². The lowest BCUT2D eigenvalue weighted by Crippen LogP contribution is -2.28. The Morgan fingerprint density at radius 3 is 2.83 bits per heavy atom. The van der Waals surface area contributed by atoms with Crippen molar-refractivity contribution in [3.63, 3.8) is 0 Å². The van der Waals surface area contributed by atoms with Gasteiger partial charge in [0, 0.05) is 30.2 Å². The summed E-state index contributed by atoms with van der Waals surface area (Å²) in [7, 11) is 0. The summed E-state index contributed by atoms with van der Waals surface area (Å²) in [5.41, 5.74) is 1.32. The molecular weight excluding hydrogens is 292 g/mol. The van der Waals surface area contributed by atoms with Gasteiger partial charge in [-0.25, -0.2) is 4.98 Å². The SMILES string of the molecule is CC(C)C(O)CCNC(=O)c1cccc(Nc2cnccn2)c1. The molecule has 0 fully saturated rings. The number of amides is 1. The maximum Gasteiger partial charge on any atom is 0.251 e. The summed E-state index contributed by atoms with van der Waals surface area (Å²) < 4.78 is 0. The molecule has 2 rings (SSSR count). The van der Waals surface area contributed by atoms with Gasteiger partial charge >= 0.3 is 0 Å². The number of aliphatic hydroxyl groups excluding tert-OH is 1. The molecule has 0 saturated carbocycles. The summed E-state index contributed by atoms with van der Waals surface area (Å²) in [5, 5.41) is 15.7. The van der Waals surface area contributed by atoms with Crippen LogP contribution in [0.3, 0.4) is 0 Å². The van der Waals surface area contributed by atoms with Crippen molar-refractivity contribution >= 4 is 17.4 Å². The third-order valence-corrected chi connectivity index (χ3v) is 3.46. The first kappa shape index (κ1) is 16.9. The van der Waals surface area contributed by atoms with Crippen LogP contribution in [-0.4, -0.2) is 33.6 Å². The minimum atomic E-state index is -0.403. The Balaban J connectivity index is 1.92. The molecule has 0 aliphatic carbocycles. The maximum absolute atomic E-state index is 12.2. The van der Waals surface area contributed by atoms with Crippen molar-refractivity contribution < 1.29 is 9.90 Å². The molecule has 1 atom stereocenters. The molecule has 1 amide bonds. The summed E-state index contributed by atoms with van der Waals surface area (Å²) in [6, 6.07) is 7.16. The number of carbonyl (C=O) groups is 1. The minimum absolute atomic E-state index is 0.163. The van der Waals surface area contributed by atoms with E-state index in [1.54, 1.807) is 36.8 Å². The number of anilines is 2. The van der Waals surface area contributed by atoms with E-state index >= 15 is 0 Å². The zero-order valence-corrected chi connectivity index (χ0v) is 13.4. The lowest BCUT2D eigenvalue weighted by molar-refractivity contribution is 0.0920. The number of aliphatic hydroxyl groups is 1. The fourth-order valence-corrected chi connectivity index (χ4v) is 2.02. The second-order valence-corrected chi connectivity index (χ2v) is 5.65. The highest BCUT2D eigenvalue weighted by atomic mass is 16.3. The van der Waals surface area contributed by atoms with Crippen LogP contribution in [0.15, 0.2) is 42.9 Å². The fourth-order valence-electron chi connectivity index (χ4n) is 2.02. The molecule has 0 bridgehead atoms. The van der Waals surface area contributed by atoms with Crippen LogP contribution < -0.4 is 10.6 Å². The zero-order chi connectivity index (χ0) is 16.7. The smallest absolute Gasteiger partial charge is 0.251 e. The summed E-state index contributed by atoms with van der Waals surface area (Å²) in [6.07, 6.45) is 4.94. The summed E-state index contributed by atoms with van der Waals surface area (Å²) >= 11 is 0. The molecule has 1 aromatic heterocycles. The second kappa shape index (κ2) is 8.24. The molecule has 1 heterocycles. The van der Waals surface area contributed by atoms with E-state index in [2.05, 4.69) is 20.6 Å². The number of rotatable bonds is 7. The molecule has 0 aliphatic rings. The highest BCUT2D eigenvalue weighted by molar-refractivity contribution is 5.95. The number of nitrogens with one attached hydrogen (secondary N) is 2. The van der Waals surface area contributed by atoms with Crippen molar-refractivity contribution in [3.8, 4) is 0 Å². The van der Waals surface area contributed by atoms with Gasteiger partial charge in [-0.15, -0.1) is 0 Å². The predicted molar refractivity (Wildman–Crippen MR) is 89.6 cm³/mol. The van der Waals surface area contributed by atoms with E-state index in [9.17, 15) is 9.90 Å². The number of hydrogen-bond donors (Lipinski definition) is 3. The molecule has 0 aliphatic heterocycles. The Labute approximate surface area is 136 Å². The number of benzene rings is 1. The van der Waals surface area contributed by atoms with Crippen LogP contribution in [0.2, 0.25) is 0 Å². The van der Waals surface area contributed by atoms with Crippen LogP contribution in [0.4, 0.5) is 11.5 Å². The van der Waals surface area contributed by atoms with Crippen molar-refractivity contribution in [1.29, 1.82) is 0 Å². The molecular formula is C17H22N4O2. The quantitative estimate of drug-likeness (QED) is 0.730. The lowest BCUT2D eigenvalue weighted by Gasteiger charge is -2.14. The van der Waals surface area contributed by atoms with Gasteiger partial charge in [0.05, 0.1) is 12.3 Å². The molecule has 0 saturated heterocycles. The molecule has 2 aromatic rings. The predicted octanol–water partition coefficient (Wildman–Crippen LogP) is 2.36. The molecule has 0 spiro atoms. The molecule has 3 N–H and O–H groups in total. The number of aromatic nitrogens is 2. The van der Waals surface area contributed by atoms with Gasteiger partial charge in [-0.05, 0) is 30.5 Å². The third-order valence-electron chi connectivity index (χ3n) is 3.46. The normalized spacial score (nSPS) is 12.0. The molecule has 1 unspecified atom stereocenters. The summed E-state index contributed by atoms with van der Waals surface area (Å²) in [5.74, 6) is 0.639. The van der Waals surface area contributed by atoms with Crippen LogP contribution >= 0.6 is 0 Å². The van der Waals surface area contributed by atoms with E-state index in [-0.39, 0.29) is 11.8 Å². The van der Waals surface area contributed by atoms with Crippen molar-refractivity contribution in [2.75, 3.05) is 11.9 Å². The van der Waals surface area contributed by atoms with E-state index in [1.165, 1.54) is 0 Å². The van der Waals surface area contributed by atoms with Gasteiger partial charge in [0.1, 0.15) is 5.82 Å². The van der Waals surface area contributed by atoms with Gasteiger partial charge in [-0.2, -0.15) is 0 Å². The van der Waals surface area contributed by atoms with Crippen LogP contribution in [0.25, 0.3) is 0 Å². The Morgan fingerprint density at radius 1 is 1.30 bits per heavy atom. The van der Waals surface area contributed by atoms with Crippen LogP contribution in [0.5, 0.6) is 0 Å². The van der Waals surface area contributed by atoms with Crippen LogP contribution in [0, 0.1) is 5.92 Å². The van der Waals surface area contributed by atoms with Gasteiger partial charge in [0.2, 0.25) is 0 Å². The Hall–Kier alpha value is -2.47. The molecule has 122 valence electrons. The average molecular weight is 314 g/mol. The monoisotopic (exact) mass is 314 g/mol. The first-order chi connectivity index (χ1) is 11.1. The lowest BCUT2D eigenvalue weighted by atomic mass is 10.0. The van der Waals surface area contributed by atoms with E-state index in [1.807, 2.05) is 19.9 Å². The Kier molecular flexibility index (Phi) is 6.05. The standard InChI is InChI=1S/C17H22N4O2/c1-12(2)15(22)6-7-20-17(23)13-4-3-5-14(10-13)21-16-11-18-8-9-19-16/h3-5,8-12,15,22H,6-7H2,1-2H3,(H,19,21)(H,20,23). The largest absolute Gasteiger partial charge is 0.393 e. The van der Waals surface area contributed by atoms with Crippen molar-refractivity contribution in [2.45, 2.75) is 26.4 Å². The number of hydrogen-bond acceptors (Lipinski definition) is 5. The van der Waals surface area contributed by atoms with Gasteiger partial charge < -0.3 is 15.7 Å². The van der Waals surface area contributed by atoms with E-state index < -0.39 is 6.10 Å². The highest BCUT2D eigenvalue weighted by Gasteiger charge is 2.10. The van der Waals surface area contributed by atoms with Gasteiger partial charge in [-0.1, -0.05) is 19.9 Å². The zero-order valence-electron chi connectivity index (χ0n) is 13.4. The van der Waals surface area contributed by atoms with E-state index in [0.717, 1.165) is 5.69 Å². The summed E-state index contributed by atoms with van der Waals surface area (Å²) in [4.78, 5) is 20.3. The Bertz CT molecular complexity index is 632. The fraction of sp³-hybridized carbons (Fsp3) is 0.353. The first-order valence-corrected chi connectivity index (χ1v) is 7.65. The number of nitrogens with zero attached hydrogens (tertiary/aromatic N) is 2. The van der Waals surface area contributed by atoms with E-state index in [0.29, 0.717) is 24.3 Å². The van der Waals surface area contributed by atoms with E-state index in [4.69, 9.17) is 0 Å². The maximum atomic E-state index is 12.2. The molecule has 1 aromatic carbocycles. The topological polar surface area (TPSA) is 87.1 Å².